The van der Waals surface area contributed by atoms with E-state index in [1.54, 1.807) is 22.9 Å². The monoisotopic (exact) mass is 747 g/mol. The second-order valence-electron chi connectivity index (χ2n) is 14.3. The first kappa shape index (κ1) is 36.0. The van der Waals surface area contributed by atoms with E-state index < -0.39 is 59.6 Å². The molecule has 11 heteroatoms. The fourth-order valence-electron chi connectivity index (χ4n) is 8.05. The maximum atomic E-state index is 15.3. The molecule has 1 spiro atoms. The number of esters is 1. The molecule has 0 aliphatic carbocycles. The van der Waals surface area contributed by atoms with Crippen LogP contribution < -0.4 is 4.90 Å². The van der Waals surface area contributed by atoms with Crippen LogP contribution in [0, 0.1) is 31.6 Å². The van der Waals surface area contributed by atoms with Crippen LogP contribution in [0.25, 0.3) is 0 Å². The first-order valence-electron chi connectivity index (χ1n) is 17.4. The lowest BCUT2D eigenvalue weighted by Crippen LogP contribution is -2.59. The van der Waals surface area contributed by atoms with Crippen molar-refractivity contribution in [1.29, 1.82) is 0 Å². The van der Waals surface area contributed by atoms with Crippen LogP contribution in [0.2, 0.25) is 0 Å². The SMILES string of the molecule is Cc1ccc(C)c(N2C/C=C\CCC(=O)N(C)[C@@H](C)[C@H](c3ccccc3)OC(=O)[C@H]3[C@@H]4O[C@@]5(C=C4Br)[C@@H]3C(=O)N([C@@H](CO)C(C)C)[C@@H]5C2=O)c1. The third kappa shape index (κ3) is 6.01. The standard InChI is InChI=1S/C39H46BrN3O7/c1-22(2)29(21-44)43-35-37(47)42(28-19-23(3)16-17-24(28)4)18-12-8-11-15-30(45)41(6)25(5)33(26-13-9-7-10-14-26)49-38(48)31-32(36(43)46)39(35)20-27(40)34(31)50-39/h7-10,12-14,16-17,19-20,22,25,29,31-35,44H,11,15,18,21H2,1-6H3/b12-8-/t25-,29-,31+,32-,33+,34+,35+,39-/m0/s1. The number of benzene rings is 2. The molecule has 6 rings (SSSR count). The second kappa shape index (κ2) is 14.1. The van der Waals surface area contributed by atoms with Crippen molar-refractivity contribution in [2.45, 2.75) is 83.4 Å². The molecule has 3 amide bonds. The first-order valence-corrected chi connectivity index (χ1v) is 18.2. The normalized spacial score (nSPS) is 31.6. The van der Waals surface area contributed by atoms with E-state index in [-0.39, 0.29) is 37.3 Å². The van der Waals surface area contributed by atoms with Crippen molar-refractivity contribution in [3.8, 4) is 0 Å². The maximum Gasteiger partial charge on any atom is 0.313 e. The average molecular weight is 749 g/mol. The Morgan fingerprint density at radius 2 is 1.72 bits per heavy atom. The van der Waals surface area contributed by atoms with Crippen molar-refractivity contribution in [2.24, 2.45) is 17.8 Å². The third-order valence-electron chi connectivity index (χ3n) is 10.9. The van der Waals surface area contributed by atoms with Crippen molar-refractivity contribution >= 4 is 45.3 Å². The Balaban J connectivity index is 1.53. The van der Waals surface area contributed by atoms with E-state index in [0.29, 0.717) is 22.2 Å². The molecular formula is C39H46BrN3O7. The fourth-order valence-corrected chi connectivity index (χ4v) is 8.79. The number of halogens is 1. The number of likely N-dealkylation sites (tertiary alicyclic amines) is 1. The Kier molecular flexibility index (Phi) is 10.1. The molecule has 50 heavy (non-hydrogen) atoms. The Labute approximate surface area is 302 Å². The summed E-state index contributed by atoms with van der Waals surface area (Å²) in [4.78, 5) is 62.8. The van der Waals surface area contributed by atoms with Gasteiger partial charge in [0.25, 0.3) is 5.91 Å². The molecule has 266 valence electrons. The molecule has 8 atom stereocenters. The number of hydrogen-bond donors (Lipinski definition) is 1. The summed E-state index contributed by atoms with van der Waals surface area (Å²) in [5.74, 6) is -3.98. The second-order valence-corrected chi connectivity index (χ2v) is 15.2. The molecular weight excluding hydrogens is 702 g/mol. The molecule has 2 aromatic rings. The summed E-state index contributed by atoms with van der Waals surface area (Å²) in [5, 5.41) is 10.7. The molecule has 4 aliphatic heterocycles. The highest BCUT2D eigenvalue weighted by molar-refractivity contribution is 9.11. The number of rotatable bonds is 5. The van der Waals surface area contributed by atoms with E-state index in [9.17, 15) is 19.5 Å². The lowest BCUT2D eigenvalue weighted by Gasteiger charge is -2.40. The number of aliphatic hydroxyl groups is 1. The summed E-state index contributed by atoms with van der Waals surface area (Å²) in [6.45, 7) is 9.30. The van der Waals surface area contributed by atoms with Crippen LogP contribution in [0.3, 0.4) is 0 Å². The van der Waals surface area contributed by atoms with Crippen molar-refractivity contribution in [1.82, 2.24) is 9.80 Å². The number of carbonyl (C=O) groups excluding carboxylic acids is 4. The van der Waals surface area contributed by atoms with Crippen LogP contribution in [0.4, 0.5) is 5.69 Å². The van der Waals surface area contributed by atoms with E-state index in [1.165, 1.54) is 4.90 Å². The van der Waals surface area contributed by atoms with Gasteiger partial charge < -0.3 is 29.3 Å². The minimum atomic E-state index is -1.50. The number of fused-ring (bicyclic) bond motifs is 2. The zero-order chi connectivity index (χ0) is 36.1. The average Bonchev–Trinajstić information content (AvgIpc) is 3.69. The van der Waals surface area contributed by atoms with E-state index >= 15 is 4.79 Å². The molecule has 0 saturated carbocycles. The highest BCUT2D eigenvalue weighted by atomic mass is 79.9. The number of carbonyl (C=O) groups is 4. The quantitative estimate of drug-likeness (QED) is 0.338. The Bertz CT molecular complexity index is 1730. The van der Waals surface area contributed by atoms with Crippen LogP contribution in [0.5, 0.6) is 0 Å². The summed E-state index contributed by atoms with van der Waals surface area (Å²) in [6, 6.07) is 12.7. The van der Waals surface area contributed by atoms with Gasteiger partial charge in [-0.2, -0.15) is 0 Å². The number of anilines is 1. The molecule has 2 saturated heterocycles. The maximum absolute atomic E-state index is 15.3. The smallest absolute Gasteiger partial charge is 0.313 e. The number of aryl methyl sites for hydroxylation is 2. The number of hydrogen-bond acceptors (Lipinski definition) is 7. The molecule has 1 N–H and O–H groups in total. The van der Waals surface area contributed by atoms with Crippen LogP contribution in [0.15, 0.2) is 71.2 Å². The zero-order valence-corrected chi connectivity index (χ0v) is 31.0. The summed E-state index contributed by atoms with van der Waals surface area (Å²) in [5.41, 5.74) is 1.70. The van der Waals surface area contributed by atoms with Crippen LogP contribution in [-0.4, -0.2) is 88.6 Å². The largest absolute Gasteiger partial charge is 0.455 e. The Morgan fingerprint density at radius 1 is 1.00 bits per heavy atom. The molecule has 2 fully saturated rings. The zero-order valence-electron chi connectivity index (χ0n) is 29.4. The van der Waals surface area contributed by atoms with Gasteiger partial charge >= 0.3 is 5.97 Å². The van der Waals surface area contributed by atoms with Crippen LogP contribution in [-0.2, 0) is 28.7 Å². The highest BCUT2D eigenvalue weighted by Gasteiger charge is 2.75. The van der Waals surface area contributed by atoms with Crippen LogP contribution >= 0.6 is 15.9 Å². The summed E-state index contributed by atoms with van der Waals surface area (Å²) < 4.78 is 13.6. The van der Waals surface area contributed by atoms with Gasteiger partial charge in [-0.05, 0) is 61.9 Å². The lowest BCUT2D eigenvalue weighted by atomic mass is 9.74. The molecule has 10 nitrogen and oxygen atoms in total. The van der Waals surface area contributed by atoms with E-state index in [2.05, 4.69) is 15.9 Å². The third-order valence-corrected chi connectivity index (χ3v) is 11.6. The minimum Gasteiger partial charge on any atom is -0.455 e. The number of aliphatic hydroxyl groups excluding tert-OH is 1. The molecule has 0 aromatic heterocycles. The Morgan fingerprint density at radius 3 is 2.40 bits per heavy atom. The Hall–Kier alpha value is -3.80. The van der Waals surface area contributed by atoms with Crippen molar-refractivity contribution in [2.75, 3.05) is 25.1 Å². The molecule has 4 heterocycles. The van der Waals surface area contributed by atoms with Gasteiger partial charge in [0.2, 0.25) is 11.8 Å². The minimum absolute atomic E-state index is 0.118. The van der Waals surface area contributed by atoms with E-state index in [1.807, 2.05) is 95.3 Å². The topological polar surface area (TPSA) is 117 Å². The highest BCUT2D eigenvalue weighted by Crippen LogP contribution is 2.59. The van der Waals surface area contributed by atoms with Gasteiger partial charge in [0.1, 0.15) is 29.8 Å². The van der Waals surface area contributed by atoms with Gasteiger partial charge in [-0.25, -0.2) is 0 Å². The van der Waals surface area contributed by atoms with Gasteiger partial charge in [-0.3, -0.25) is 19.2 Å². The number of likely N-dealkylation sites (N-methyl/N-ethyl adjacent to an activating group) is 1. The van der Waals surface area contributed by atoms with Gasteiger partial charge in [-0.1, -0.05) is 84.4 Å². The van der Waals surface area contributed by atoms with E-state index in [4.69, 9.17) is 9.47 Å². The molecule has 2 aromatic carbocycles. The van der Waals surface area contributed by atoms with Gasteiger partial charge in [0.05, 0.1) is 24.6 Å². The first-order chi connectivity index (χ1) is 23.8. The van der Waals surface area contributed by atoms with Crippen LogP contribution in [0.1, 0.15) is 56.4 Å². The molecule has 0 unspecified atom stereocenters. The predicted octanol–water partition coefficient (Wildman–Crippen LogP) is 5.01. The fraction of sp³-hybridized carbons (Fsp3) is 0.487. The number of amides is 3. The lowest BCUT2D eigenvalue weighted by molar-refractivity contribution is -0.164. The molecule has 0 radical (unpaired) electrons. The molecule has 5 bridgehead atoms. The molecule has 4 aliphatic rings. The van der Waals surface area contributed by atoms with Crippen molar-refractivity contribution in [3.05, 3.63) is 87.9 Å². The van der Waals surface area contributed by atoms with Gasteiger partial charge in [-0.15, -0.1) is 0 Å². The number of nitrogens with zero attached hydrogens (tertiary/aromatic N) is 3. The predicted molar refractivity (Wildman–Crippen MR) is 192 cm³/mol. The number of ether oxygens (including phenoxy) is 2. The van der Waals surface area contributed by atoms with E-state index in [0.717, 1.165) is 11.1 Å². The summed E-state index contributed by atoms with van der Waals surface area (Å²) >= 11 is 3.63. The summed E-state index contributed by atoms with van der Waals surface area (Å²) in [7, 11) is 1.70. The van der Waals surface area contributed by atoms with Gasteiger partial charge in [0.15, 0.2) is 0 Å². The van der Waals surface area contributed by atoms with Gasteiger partial charge in [0, 0.05) is 30.2 Å². The summed E-state index contributed by atoms with van der Waals surface area (Å²) in [6.07, 6.45) is 4.49. The number of cyclic esters (lactones) is 1. The van der Waals surface area contributed by atoms with Crippen molar-refractivity contribution < 1.29 is 33.8 Å². The number of allylic oxidation sites excluding steroid dienone is 1. The van der Waals surface area contributed by atoms with Crippen molar-refractivity contribution in [3.63, 3.8) is 0 Å².